The van der Waals surface area contributed by atoms with Gasteiger partial charge in [-0.1, -0.05) is 49.4 Å². The number of amides is 2. The van der Waals surface area contributed by atoms with E-state index in [1.807, 2.05) is 48.8 Å². The second-order valence-electron chi connectivity index (χ2n) is 9.44. The molecular formula is C27H38N2O5. The van der Waals surface area contributed by atoms with Gasteiger partial charge < -0.3 is 14.8 Å². The Labute approximate surface area is 202 Å². The molecule has 3 N–H and O–H groups in total. The van der Waals surface area contributed by atoms with Crippen molar-refractivity contribution in [2.75, 3.05) is 20.0 Å². The third-order valence-electron chi connectivity index (χ3n) is 6.77. The summed E-state index contributed by atoms with van der Waals surface area (Å²) in [4.78, 5) is 25.6. The maximum Gasteiger partial charge on any atom is 0.246 e. The molecule has 1 aliphatic rings. The fraction of sp³-hybridized carbons (Fsp3) is 0.556. The van der Waals surface area contributed by atoms with Crippen LogP contribution in [0.15, 0.2) is 42.5 Å². The van der Waals surface area contributed by atoms with Crippen molar-refractivity contribution in [3.8, 4) is 0 Å². The van der Waals surface area contributed by atoms with Crippen LogP contribution < -0.4 is 10.8 Å². The highest BCUT2D eigenvalue weighted by Gasteiger charge is 2.29. The van der Waals surface area contributed by atoms with Crippen molar-refractivity contribution in [2.45, 2.75) is 58.4 Å². The molecule has 1 saturated carbocycles. The Hall–Kier alpha value is -2.48. The summed E-state index contributed by atoms with van der Waals surface area (Å²) in [5, 5.41) is 14.7. The molecule has 2 atom stereocenters. The largest absolute Gasteiger partial charge is 0.356 e. The van der Waals surface area contributed by atoms with Gasteiger partial charge in [0.2, 0.25) is 11.8 Å². The minimum atomic E-state index is -0.529. The Kier molecular flexibility index (Phi) is 10.3. The number of carbonyl (C=O) groups excluding carboxylic acids is 2. The predicted octanol–water partition coefficient (Wildman–Crippen LogP) is 4.22. The van der Waals surface area contributed by atoms with Crippen molar-refractivity contribution < 1.29 is 24.3 Å². The maximum atomic E-state index is 13.0. The Balaban J connectivity index is 1.70. The third kappa shape index (κ3) is 7.79. The van der Waals surface area contributed by atoms with E-state index in [2.05, 4.69) is 18.3 Å². The fourth-order valence-corrected chi connectivity index (χ4v) is 4.71. The first kappa shape index (κ1) is 26.1. The van der Waals surface area contributed by atoms with Crippen LogP contribution in [0.25, 0.3) is 10.8 Å². The first-order valence-corrected chi connectivity index (χ1v) is 12.4. The summed E-state index contributed by atoms with van der Waals surface area (Å²) < 4.78 is 10.9. The minimum Gasteiger partial charge on any atom is -0.356 e. The molecule has 34 heavy (non-hydrogen) atoms. The number of ether oxygens (including phenoxy) is 2. The third-order valence-corrected chi connectivity index (χ3v) is 6.77. The molecule has 1 fully saturated rings. The van der Waals surface area contributed by atoms with Gasteiger partial charge in [0.05, 0.1) is 12.6 Å². The Morgan fingerprint density at radius 1 is 1.06 bits per heavy atom. The fourth-order valence-electron chi connectivity index (χ4n) is 4.71. The zero-order valence-electron chi connectivity index (χ0n) is 20.3. The molecule has 0 heterocycles. The first-order valence-electron chi connectivity index (χ1n) is 12.4. The molecule has 1 aliphatic carbocycles. The lowest BCUT2D eigenvalue weighted by Crippen LogP contribution is -2.45. The van der Waals surface area contributed by atoms with Crippen molar-refractivity contribution >= 4 is 22.6 Å². The Bertz CT molecular complexity index is 926. The Morgan fingerprint density at radius 3 is 2.50 bits per heavy atom. The molecule has 7 heteroatoms. The molecule has 2 aromatic rings. The van der Waals surface area contributed by atoms with Crippen LogP contribution in [-0.4, -0.2) is 43.1 Å². The quantitative estimate of drug-likeness (QED) is 0.187. The van der Waals surface area contributed by atoms with Gasteiger partial charge >= 0.3 is 0 Å². The molecule has 7 nitrogen and oxygen atoms in total. The van der Waals surface area contributed by atoms with Crippen LogP contribution in [0.5, 0.6) is 0 Å². The summed E-state index contributed by atoms with van der Waals surface area (Å²) in [6, 6.07) is 13.8. The highest BCUT2D eigenvalue weighted by atomic mass is 16.7. The second-order valence-corrected chi connectivity index (χ2v) is 9.44. The van der Waals surface area contributed by atoms with E-state index in [0.29, 0.717) is 25.4 Å². The molecule has 0 aliphatic heterocycles. The normalized spacial score (nSPS) is 20.0. The van der Waals surface area contributed by atoms with Crippen LogP contribution in [0.3, 0.4) is 0 Å². The number of hydroxylamine groups is 1. The van der Waals surface area contributed by atoms with E-state index in [-0.39, 0.29) is 31.3 Å². The summed E-state index contributed by atoms with van der Waals surface area (Å²) in [5.41, 5.74) is 2.80. The maximum absolute atomic E-state index is 13.0. The van der Waals surface area contributed by atoms with Crippen LogP contribution in [0.4, 0.5) is 0 Å². The van der Waals surface area contributed by atoms with Gasteiger partial charge in [-0.25, -0.2) is 5.48 Å². The van der Waals surface area contributed by atoms with Gasteiger partial charge in [0.15, 0.2) is 0 Å². The molecule has 186 valence electrons. The number of hydrogen-bond acceptors (Lipinski definition) is 5. The van der Waals surface area contributed by atoms with Crippen LogP contribution in [0.1, 0.15) is 51.5 Å². The summed E-state index contributed by atoms with van der Waals surface area (Å²) in [6.07, 6.45) is 4.67. The molecule has 2 aromatic carbocycles. The van der Waals surface area contributed by atoms with Gasteiger partial charge in [0.1, 0.15) is 6.79 Å². The standard InChI is InChI=1S/C27H38N2O5/c1-3-33-18-34-17-25(28-26(30)22-11-8-19(2)9-12-22)16-24(27(31)29-32)15-20-10-13-21-6-4-5-7-23(21)14-20/h4-7,10,13-14,19,22,24-25,32H,3,8-9,11-12,15-18H2,1-2H3,(H,28,30)(H,29,31)/t19?,22?,24-,25-/m0/s1. The van der Waals surface area contributed by atoms with Gasteiger partial charge in [0, 0.05) is 18.4 Å². The van der Waals surface area contributed by atoms with Crippen molar-refractivity contribution in [3.05, 3.63) is 48.0 Å². The topological polar surface area (TPSA) is 96.9 Å². The molecule has 0 saturated heterocycles. The van der Waals surface area contributed by atoms with Crippen molar-refractivity contribution in [1.82, 2.24) is 10.8 Å². The Morgan fingerprint density at radius 2 is 1.79 bits per heavy atom. The van der Waals surface area contributed by atoms with Crippen LogP contribution in [0, 0.1) is 17.8 Å². The van der Waals surface area contributed by atoms with Gasteiger partial charge in [-0.2, -0.15) is 0 Å². The summed E-state index contributed by atoms with van der Waals surface area (Å²) >= 11 is 0. The van der Waals surface area contributed by atoms with E-state index in [1.54, 1.807) is 0 Å². The number of fused-ring (bicyclic) bond motifs is 1. The molecule has 0 spiro atoms. The molecule has 0 unspecified atom stereocenters. The highest BCUT2D eigenvalue weighted by Crippen LogP contribution is 2.28. The number of benzene rings is 2. The smallest absolute Gasteiger partial charge is 0.246 e. The number of hydrogen-bond donors (Lipinski definition) is 3. The van der Waals surface area contributed by atoms with Gasteiger partial charge in [-0.05, 0) is 67.7 Å². The predicted molar refractivity (Wildman–Crippen MR) is 131 cm³/mol. The lowest BCUT2D eigenvalue weighted by atomic mass is 9.82. The first-order chi connectivity index (χ1) is 16.5. The van der Waals surface area contributed by atoms with E-state index >= 15 is 0 Å². The molecule has 0 bridgehead atoms. The average Bonchev–Trinajstić information content (AvgIpc) is 2.85. The van der Waals surface area contributed by atoms with E-state index in [1.165, 1.54) is 0 Å². The molecule has 2 amide bonds. The monoisotopic (exact) mass is 470 g/mol. The SMILES string of the molecule is CCOCOC[C@H](C[C@H](Cc1ccc2ccccc2c1)C(=O)NO)NC(=O)C1CCC(C)CC1. The number of nitrogens with one attached hydrogen (secondary N) is 2. The van der Waals surface area contributed by atoms with Crippen molar-refractivity contribution in [2.24, 2.45) is 17.8 Å². The highest BCUT2D eigenvalue weighted by molar-refractivity contribution is 5.83. The van der Waals surface area contributed by atoms with Gasteiger partial charge in [-0.15, -0.1) is 0 Å². The number of carbonyl (C=O) groups is 2. The van der Waals surface area contributed by atoms with Gasteiger partial charge in [-0.3, -0.25) is 14.8 Å². The van der Waals surface area contributed by atoms with E-state index in [0.717, 1.165) is 42.0 Å². The molecule has 3 rings (SSSR count). The van der Waals surface area contributed by atoms with Gasteiger partial charge in [0.25, 0.3) is 0 Å². The molecule has 0 radical (unpaired) electrons. The van der Waals surface area contributed by atoms with Crippen molar-refractivity contribution in [3.63, 3.8) is 0 Å². The summed E-state index contributed by atoms with van der Waals surface area (Å²) in [7, 11) is 0. The number of rotatable bonds is 12. The zero-order chi connectivity index (χ0) is 24.3. The van der Waals surface area contributed by atoms with Crippen LogP contribution in [-0.2, 0) is 25.5 Å². The molecular weight excluding hydrogens is 432 g/mol. The zero-order valence-corrected chi connectivity index (χ0v) is 20.3. The second kappa shape index (κ2) is 13.4. The lowest BCUT2D eigenvalue weighted by Gasteiger charge is -2.29. The van der Waals surface area contributed by atoms with Crippen molar-refractivity contribution in [1.29, 1.82) is 0 Å². The van der Waals surface area contributed by atoms with Crippen LogP contribution in [0.2, 0.25) is 0 Å². The average molecular weight is 471 g/mol. The minimum absolute atomic E-state index is 0.00352. The van der Waals surface area contributed by atoms with E-state index < -0.39 is 11.8 Å². The lowest BCUT2D eigenvalue weighted by molar-refractivity contribution is -0.135. The van der Waals surface area contributed by atoms with E-state index in [4.69, 9.17) is 9.47 Å². The molecule has 0 aromatic heterocycles. The van der Waals surface area contributed by atoms with Crippen LogP contribution >= 0.6 is 0 Å². The summed E-state index contributed by atoms with van der Waals surface area (Å²) in [6.45, 7) is 5.02. The van der Waals surface area contributed by atoms with E-state index in [9.17, 15) is 14.8 Å². The summed E-state index contributed by atoms with van der Waals surface area (Å²) in [5.74, 6) is -0.321.